The highest BCUT2D eigenvalue weighted by atomic mass is 16.1. The van der Waals surface area contributed by atoms with E-state index in [2.05, 4.69) is 16.9 Å². The van der Waals surface area contributed by atoms with Crippen LogP contribution in [-0.2, 0) is 4.79 Å². The van der Waals surface area contributed by atoms with Gasteiger partial charge in [-0.2, -0.15) is 10.2 Å². The van der Waals surface area contributed by atoms with Gasteiger partial charge in [0, 0.05) is 70.6 Å². The van der Waals surface area contributed by atoms with Crippen LogP contribution in [0.15, 0.2) is 133 Å². The Bertz CT molecular complexity index is 1830. The fourth-order valence-electron chi connectivity index (χ4n) is 5.71. The van der Waals surface area contributed by atoms with Crippen LogP contribution in [-0.4, -0.2) is 35.3 Å². The van der Waals surface area contributed by atoms with Crippen molar-refractivity contribution in [2.45, 2.75) is 19.8 Å². The molecule has 4 aromatic heterocycles. The molecule has 0 bridgehead atoms. The lowest BCUT2D eigenvalue weighted by Gasteiger charge is -2.22. The second kappa shape index (κ2) is 11.9. The van der Waals surface area contributed by atoms with Crippen molar-refractivity contribution >= 4 is 17.9 Å². The van der Waals surface area contributed by atoms with Gasteiger partial charge in [0.05, 0.1) is 11.4 Å². The number of ketones is 1. The van der Waals surface area contributed by atoms with Crippen LogP contribution in [0.2, 0.25) is 0 Å². The van der Waals surface area contributed by atoms with Gasteiger partial charge in [-0.25, -0.2) is 9.36 Å². The first kappa shape index (κ1) is 27.2. The molecule has 7 heteroatoms. The second-order valence-electron chi connectivity index (χ2n) is 11.1. The van der Waals surface area contributed by atoms with Crippen molar-refractivity contribution in [3.05, 3.63) is 144 Å². The van der Waals surface area contributed by atoms with Gasteiger partial charge in [0.1, 0.15) is 11.4 Å². The third-order valence-corrected chi connectivity index (χ3v) is 7.78. The fourth-order valence-corrected chi connectivity index (χ4v) is 5.71. The summed E-state index contributed by atoms with van der Waals surface area (Å²) in [5.41, 5.74) is 8.57. The number of allylic oxidation sites excluding steroid dienone is 2. The number of hydrogen-bond acceptors (Lipinski definition) is 5. The van der Waals surface area contributed by atoms with E-state index in [4.69, 9.17) is 10.2 Å². The molecular weight excluding hydrogens is 544 g/mol. The highest BCUT2D eigenvalue weighted by molar-refractivity contribution is 6.14. The Morgan fingerprint density at radius 1 is 0.636 bits per heavy atom. The Morgan fingerprint density at radius 2 is 1.09 bits per heavy atom. The molecule has 0 saturated heterocycles. The molecule has 6 aromatic rings. The van der Waals surface area contributed by atoms with Crippen molar-refractivity contribution in [1.29, 1.82) is 0 Å². The lowest BCUT2D eigenvalue weighted by Crippen LogP contribution is -2.18. The van der Waals surface area contributed by atoms with Gasteiger partial charge in [0.15, 0.2) is 5.78 Å². The van der Waals surface area contributed by atoms with Crippen molar-refractivity contribution in [3.8, 4) is 33.9 Å². The molecule has 0 aliphatic heterocycles. The van der Waals surface area contributed by atoms with E-state index in [1.807, 2.05) is 119 Å². The van der Waals surface area contributed by atoms with Crippen molar-refractivity contribution in [2.75, 3.05) is 0 Å². The zero-order valence-corrected chi connectivity index (χ0v) is 24.3. The number of benzene rings is 2. The van der Waals surface area contributed by atoms with Crippen molar-refractivity contribution in [3.63, 3.8) is 0 Å². The summed E-state index contributed by atoms with van der Waals surface area (Å²) in [6.07, 6.45) is 16.5. The molecule has 4 heterocycles. The van der Waals surface area contributed by atoms with Gasteiger partial charge in [-0.3, -0.25) is 14.8 Å². The second-order valence-corrected chi connectivity index (χ2v) is 11.1. The predicted octanol–water partition coefficient (Wildman–Crippen LogP) is 7.65. The number of Topliss-reactive ketones (excluding diaryl/α,β-unsaturated/α-hetero) is 1. The van der Waals surface area contributed by atoms with Crippen LogP contribution in [0.3, 0.4) is 0 Å². The topological polar surface area (TPSA) is 78.5 Å². The molecule has 7 rings (SSSR count). The SMILES string of the molecule is CC1C/C(=C/c2cn(-c3ccccc3)nc2-c2cccnc2)C(=O)/C(=C/c2cn(-c3ccccc3)nc2-c2cccnc2)C1. The smallest absolute Gasteiger partial charge is 0.185 e. The number of hydrogen-bond donors (Lipinski definition) is 0. The van der Waals surface area contributed by atoms with E-state index in [-0.39, 0.29) is 5.78 Å². The van der Waals surface area contributed by atoms with E-state index < -0.39 is 0 Å². The molecule has 1 aliphatic carbocycles. The zero-order chi connectivity index (χ0) is 29.9. The number of nitrogens with zero attached hydrogens (tertiary/aromatic N) is 6. The first-order chi connectivity index (χ1) is 21.6. The van der Waals surface area contributed by atoms with Crippen LogP contribution >= 0.6 is 0 Å². The molecule has 0 amide bonds. The summed E-state index contributed by atoms with van der Waals surface area (Å²) in [5, 5.41) is 9.83. The van der Waals surface area contributed by atoms with Crippen LogP contribution in [0.1, 0.15) is 30.9 Å². The molecule has 1 fully saturated rings. The van der Waals surface area contributed by atoms with E-state index in [1.165, 1.54) is 0 Å². The van der Waals surface area contributed by atoms with Gasteiger partial charge >= 0.3 is 0 Å². The van der Waals surface area contributed by atoms with Gasteiger partial charge < -0.3 is 0 Å². The summed E-state index contributed by atoms with van der Waals surface area (Å²) < 4.78 is 3.72. The minimum atomic E-state index is 0.0531. The third-order valence-electron chi connectivity index (χ3n) is 7.78. The maximum atomic E-state index is 14.1. The number of carbonyl (C=O) groups is 1. The predicted molar refractivity (Wildman–Crippen MR) is 173 cm³/mol. The van der Waals surface area contributed by atoms with E-state index >= 15 is 0 Å². The summed E-state index contributed by atoms with van der Waals surface area (Å²) in [5.74, 6) is 0.347. The van der Waals surface area contributed by atoms with Crippen LogP contribution < -0.4 is 0 Å². The number of para-hydroxylation sites is 2. The minimum Gasteiger partial charge on any atom is -0.289 e. The van der Waals surface area contributed by atoms with Crippen molar-refractivity contribution in [2.24, 2.45) is 5.92 Å². The summed E-state index contributed by atoms with van der Waals surface area (Å²) in [7, 11) is 0. The first-order valence-corrected chi connectivity index (χ1v) is 14.7. The summed E-state index contributed by atoms with van der Waals surface area (Å²) in [6.45, 7) is 2.19. The molecule has 44 heavy (non-hydrogen) atoms. The lowest BCUT2D eigenvalue weighted by molar-refractivity contribution is -0.113. The number of pyridine rings is 2. The molecule has 0 radical (unpaired) electrons. The highest BCUT2D eigenvalue weighted by Crippen LogP contribution is 2.35. The summed E-state index contributed by atoms with van der Waals surface area (Å²) in [6, 6.07) is 27.8. The van der Waals surface area contributed by atoms with E-state index in [0.717, 1.165) is 56.2 Å². The van der Waals surface area contributed by atoms with Crippen LogP contribution in [0, 0.1) is 5.92 Å². The van der Waals surface area contributed by atoms with E-state index in [9.17, 15) is 4.79 Å². The highest BCUT2D eigenvalue weighted by Gasteiger charge is 2.27. The van der Waals surface area contributed by atoms with Crippen molar-refractivity contribution < 1.29 is 4.79 Å². The van der Waals surface area contributed by atoms with E-state index in [0.29, 0.717) is 18.8 Å². The Balaban J connectivity index is 1.30. The molecule has 1 saturated carbocycles. The molecule has 1 unspecified atom stereocenters. The van der Waals surface area contributed by atoms with Crippen molar-refractivity contribution in [1.82, 2.24) is 29.5 Å². The Morgan fingerprint density at radius 3 is 1.50 bits per heavy atom. The summed E-state index contributed by atoms with van der Waals surface area (Å²) >= 11 is 0. The van der Waals surface area contributed by atoms with Gasteiger partial charge in [0.25, 0.3) is 0 Å². The normalized spacial score (nSPS) is 16.9. The fraction of sp³-hybridized carbons (Fsp3) is 0.108. The van der Waals surface area contributed by atoms with Gasteiger partial charge in [0.2, 0.25) is 0 Å². The van der Waals surface area contributed by atoms with Crippen LogP contribution in [0.4, 0.5) is 0 Å². The molecular formula is C37H30N6O. The number of carbonyl (C=O) groups excluding carboxylic acids is 1. The van der Waals surface area contributed by atoms with Gasteiger partial charge in [-0.05, 0) is 79.4 Å². The Labute approximate surface area is 255 Å². The van der Waals surface area contributed by atoms with Crippen LogP contribution in [0.5, 0.6) is 0 Å². The third kappa shape index (κ3) is 5.55. The largest absolute Gasteiger partial charge is 0.289 e. The maximum Gasteiger partial charge on any atom is 0.185 e. The molecule has 7 nitrogen and oxygen atoms in total. The average molecular weight is 575 g/mol. The number of rotatable bonds is 6. The van der Waals surface area contributed by atoms with E-state index in [1.54, 1.807) is 24.8 Å². The average Bonchev–Trinajstić information content (AvgIpc) is 3.70. The Hall–Kier alpha value is -5.69. The van der Waals surface area contributed by atoms with Gasteiger partial charge in [-0.15, -0.1) is 0 Å². The maximum absolute atomic E-state index is 14.1. The summed E-state index contributed by atoms with van der Waals surface area (Å²) in [4.78, 5) is 22.7. The molecule has 1 atom stereocenters. The standard InChI is InChI=1S/C37H30N6O/c1-26-18-29(20-31-24-42(33-12-4-2-5-13-33)40-35(31)27-10-8-16-38-22-27)37(44)30(19-26)21-32-25-43(34-14-6-3-7-15-34)41-36(32)28-11-9-17-39-23-28/h2-17,20-26H,18-19H2,1H3/b29-20-,30-21+. The molecule has 1 aliphatic rings. The molecule has 214 valence electrons. The monoisotopic (exact) mass is 574 g/mol. The first-order valence-electron chi connectivity index (χ1n) is 14.7. The molecule has 2 aromatic carbocycles. The lowest BCUT2D eigenvalue weighted by atomic mass is 9.80. The minimum absolute atomic E-state index is 0.0531. The van der Waals surface area contributed by atoms with Crippen LogP contribution in [0.25, 0.3) is 46.0 Å². The number of aromatic nitrogens is 6. The molecule has 0 spiro atoms. The quantitative estimate of drug-likeness (QED) is 0.191. The molecule has 0 N–H and O–H groups in total. The van der Waals surface area contributed by atoms with Gasteiger partial charge in [-0.1, -0.05) is 43.3 Å². The Kier molecular flexibility index (Phi) is 7.34. The zero-order valence-electron chi connectivity index (χ0n) is 24.3.